The van der Waals surface area contributed by atoms with Gasteiger partial charge in [0.05, 0.1) is 36.3 Å². The van der Waals surface area contributed by atoms with Crippen molar-refractivity contribution < 1.29 is 14.3 Å². The molecule has 5 aromatic rings. The van der Waals surface area contributed by atoms with Crippen molar-refractivity contribution in [3.05, 3.63) is 78.5 Å². The van der Waals surface area contributed by atoms with E-state index in [2.05, 4.69) is 73.8 Å². The summed E-state index contributed by atoms with van der Waals surface area (Å²) in [6.07, 6.45) is 13.6. The van der Waals surface area contributed by atoms with Crippen molar-refractivity contribution in [3.8, 4) is 11.3 Å². The molecule has 4 heterocycles. The highest BCUT2D eigenvalue weighted by molar-refractivity contribution is 5.83. The van der Waals surface area contributed by atoms with Crippen LogP contribution in [0.3, 0.4) is 0 Å². The molecule has 3 aromatic heterocycles. The lowest BCUT2D eigenvalue weighted by Gasteiger charge is -2.28. The number of hydrogen-bond donors (Lipinski definition) is 0. The molecule has 9 nitrogen and oxygen atoms in total. The molecule has 0 atom stereocenters. The summed E-state index contributed by atoms with van der Waals surface area (Å²) in [5, 5.41) is 5.69. The van der Waals surface area contributed by atoms with Crippen molar-refractivity contribution in [2.75, 3.05) is 44.9 Å². The average Bonchev–Trinajstić information content (AvgIpc) is 3.71. The average molecular weight is 599 g/mol. The summed E-state index contributed by atoms with van der Waals surface area (Å²) in [6.45, 7) is 11.5. The fraction of sp³-hybridized carbons (Fsp3) is 0.429. The van der Waals surface area contributed by atoms with Crippen LogP contribution in [0.2, 0.25) is 0 Å². The van der Waals surface area contributed by atoms with E-state index in [0.717, 1.165) is 105 Å². The van der Waals surface area contributed by atoms with E-state index in [1.165, 1.54) is 11.3 Å². The second-order valence-corrected chi connectivity index (χ2v) is 10.9. The molecule has 0 unspecified atom stereocenters. The zero-order valence-electron chi connectivity index (χ0n) is 26.6. The first-order chi connectivity index (χ1) is 21.5. The highest BCUT2D eigenvalue weighted by Gasteiger charge is 2.11. The number of fused-ring (bicyclic) bond motifs is 2. The highest BCUT2D eigenvalue weighted by Crippen LogP contribution is 2.24. The van der Waals surface area contributed by atoms with Gasteiger partial charge in [-0.1, -0.05) is 42.7 Å². The van der Waals surface area contributed by atoms with Crippen molar-refractivity contribution in [1.82, 2.24) is 24.1 Å². The number of carbonyl (C=O) groups excluding carboxylic acids is 1. The predicted molar refractivity (Wildman–Crippen MR) is 177 cm³/mol. The Bertz CT molecular complexity index is 1570. The number of carbonyl (C=O) groups is 1. The summed E-state index contributed by atoms with van der Waals surface area (Å²) in [5.74, 6) is 0. The maximum Gasteiger partial charge on any atom is 0.158 e. The number of imidazole rings is 1. The van der Waals surface area contributed by atoms with Crippen molar-refractivity contribution in [2.45, 2.75) is 59.4 Å². The van der Waals surface area contributed by atoms with Gasteiger partial charge >= 0.3 is 0 Å². The summed E-state index contributed by atoms with van der Waals surface area (Å²) in [4.78, 5) is 21.8. The van der Waals surface area contributed by atoms with Gasteiger partial charge in [0.15, 0.2) is 5.65 Å². The Kier molecular flexibility index (Phi) is 12.9. The molecule has 0 radical (unpaired) electrons. The van der Waals surface area contributed by atoms with E-state index in [4.69, 9.17) is 9.72 Å². The lowest BCUT2D eigenvalue weighted by Crippen LogP contribution is -2.36. The first-order valence-electron chi connectivity index (χ1n) is 15.6. The Labute approximate surface area is 260 Å². The molecule has 0 saturated carbocycles. The molecule has 6 rings (SSSR count). The van der Waals surface area contributed by atoms with Gasteiger partial charge in [-0.2, -0.15) is 5.10 Å². The van der Waals surface area contributed by atoms with E-state index in [9.17, 15) is 4.79 Å². The zero-order chi connectivity index (χ0) is 31.1. The smallest absolute Gasteiger partial charge is 0.158 e. The SMILES string of the molecule is CCOC.Cc1ccc(N2CCOCC2)cc1.Cc1nc(-c2ccc3cnn(CCCCCCC=O)c3c2)cn2ccnc12. The molecule has 1 aliphatic rings. The Morgan fingerprint density at radius 3 is 2.48 bits per heavy atom. The van der Waals surface area contributed by atoms with Gasteiger partial charge in [0.25, 0.3) is 0 Å². The molecule has 234 valence electrons. The number of aryl methyl sites for hydroxylation is 3. The maximum atomic E-state index is 10.4. The number of unbranched alkanes of at least 4 members (excludes halogenated alkanes) is 4. The van der Waals surface area contributed by atoms with Gasteiger partial charge in [-0.05, 0) is 51.8 Å². The van der Waals surface area contributed by atoms with Crippen LogP contribution in [0.15, 0.2) is 67.3 Å². The minimum atomic E-state index is 0.668. The summed E-state index contributed by atoms with van der Waals surface area (Å²) < 4.78 is 13.9. The van der Waals surface area contributed by atoms with E-state index in [1.807, 2.05) is 36.8 Å². The highest BCUT2D eigenvalue weighted by atomic mass is 16.5. The second-order valence-electron chi connectivity index (χ2n) is 10.9. The predicted octanol–water partition coefficient (Wildman–Crippen LogP) is 6.69. The lowest BCUT2D eigenvalue weighted by molar-refractivity contribution is -0.107. The van der Waals surface area contributed by atoms with Gasteiger partial charge in [-0.15, -0.1) is 0 Å². The van der Waals surface area contributed by atoms with Crippen LogP contribution in [0, 0.1) is 13.8 Å². The third-order valence-electron chi connectivity index (χ3n) is 7.62. The van der Waals surface area contributed by atoms with Gasteiger partial charge in [-0.3, -0.25) is 4.68 Å². The van der Waals surface area contributed by atoms with E-state index in [0.29, 0.717) is 6.42 Å². The fourth-order valence-corrected chi connectivity index (χ4v) is 5.06. The fourth-order valence-electron chi connectivity index (χ4n) is 5.06. The lowest BCUT2D eigenvalue weighted by atomic mass is 10.1. The number of rotatable bonds is 10. The molecule has 2 aromatic carbocycles. The molecular formula is C35H46N6O3. The van der Waals surface area contributed by atoms with Gasteiger partial charge in [0, 0.05) is 75.0 Å². The largest absolute Gasteiger partial charge is 0.385 e. The number of aromatic nitrogens is 5. The molecule has 0 aliphatic carbocycles. The Hall–Kier alpha value is -4.08. The molecule has 1 aliphatic heterocycles. The van der Waals surface area contributed by atoms with E-state index < -0.39 is 0 Å². The number of hydrogen-bond acceptors (Lipinski definition) is 7. The van der Waals surface area contributed by atoms with Crippen LogP contribution in [-0.4, -0.2) is 70.5 Å². The molecule has 0 spiro atoms. The molecule has 0 amide bonds. The summed E-state index contributed by atoms with van der Waals surface area (Å²) in [6, 6.07) is 15.0. The third-order valence-corrected chi connectivity index (χ3v) is 7.62. The standard InChI is InChI=1S/C21H23N5O.C11H15NO.C3H8O/c1-16-21-22-9-11-25(21)15-19(24-16)17-7-8-18-14-23-26(20(18)13-17)10-5-3-2-4-6-12-27;1-10-2-4-11(5-3-10)12-6-8-13-9-7-12;1-3-4-2/h7-9,11-15H,2-6,10H2,1H3;2-5H,6-9H2,1H3;3H2,1-2H3. The molecule has 1 fully saturated rings. The van der Waals surface area contributed by atoms with Crippen LogP contribution in [0.4, 0.5) is 5.69 Å². The first kappa shape index (κ1) is 32.8. The van der Waals surface area contributed by atoms with Gasteiger partial charge in [-0.25, -0.2) is 9.97 Å². The van der Waals surface area contributed by atoms with E-state index in [1.54, 1.807) is 13.3 Å². The quantitative estimate of drug-likeness (QED) is 0.131. The molecule has 1 saturated heterocycles. The summed E-state index contributed by atoms with van der Waals surface area (Å²) >= 11 is 0. The third kappa shape index (κ3) is 9.21. The van der Waals surface area contributed by atoms with Crippen molar-refractivity contribution in [1.29, 1.82) is 0 Å². The minimum Gasteiger partial charge on any atom is -0.385 e. The van der Waals surface area contributed by atoms with Gasteiger partial charge < -0.3 is 23.6 Å². The number of methoxy groups -OCH3 is 1. The number of anilines is 1. The summed E-state index contributed by atoms with van der Waals surface area (Å²) in [7, 11) is 1.68. The number of morpholine rings is 1. The molecular weight excluding hydrogens is 552 g/mol. The van der Waals surface area contributed by atoms with Crippen LogP contribution in [0.1, 0.15) is 50.3 Å². The molecule has 0 N–H and O–H groups in total. The summed E-state index contributed by atoms with van der Waals surface area (Å²) in [5.41, 5.74) is 7.58. The first-order valence-corrected chi connectivity index (χ1v) is 15.6. The van der Waals surface area contributed by atoms with E-state index >= 15 is 0 Å². The Balaban J connectivity index is 0.000000215. The topological polar surface area (TPSA) is 86.8 Å². The zero-order valence-corrected chi connectivity index (χ0v) is 26.6. The number of ether oxygens (including phenoxy) is 2. The molecule has 44 heavy (non-hydrogen) atoms. The van der Waals surface area contributed by atoms with Crippen molar-refractivity contribution in [3.63, 3.8) is 0 Å². The number of aldehydes is 1. The number of nitrogens with zero attached hydrogens (tertiary/aromatic N) is 6. The Morgan fingerprint density at radius 1 is 1.00 bits per heavy atom. The van der Waals surface area contributed by atoms with Crippen LogP contribution in [-0.2, 0) is 20.8 Å². The van der Waals surface area contributed by atoms with Crippen LogP contribution >= 0.6 is 0 Å². The minimum absolute atomic E-state index is 0.668. The van der Waals surface area contributed by atoms with Crippen LogP contribution < -0.4 is 4.90 Å². The molecule has 0 bridgehead atoms. The van der Waals surface area contributed by atoms with Gasteiger partial charge in [0.1, 0.15) is 6.29 Å². The van der Waals surface area contributed by atoms with Crippen molar-refractivity contribution in [2.24, 2.45) is 0 Å². The normalized spacial score (nSPS) is 12.9. The number of benzene rings is 2. The van der Waals surface area contributed by atoms with E-state index in [-0.39, 0.29) is 0 Å². The van der Waals surface area contributed by atoms with Crippen LogP contribution in [0.25, 0.3) is 27.8 Å². The molecule has 9 heteroatoms. The maximum absolute atomic E-state index is 10.4. The monoisotopic (exact) mass is 598 g/mol. The van der Waals surface area contributed by atoms with Gasteiger partial charge in [0.2, 0.25) is 0 Å². The van der Waals surface area contributed by atoms with Crippen LogP contribution in [0.5, 0.6) is 0 Å². The van der Waals surface area contributed by atoms with Crippen molar-refractivity contribution >= 4 is 28.5 Å². The second kappa shape index (κ2) is 17.3. The Morgan fingerprint density at radius 2 is 1.75 bits per heavy atom.